The second-order valence-corrected chi connectivity index (χ2v) is 10.1. The Morgan fingerprint density at radius 2 is 2.15 bits per heavy atom. The Morgan fingerprint density at radius 3 is 2.85 bits per heavy atom. The van der Waals surface area contributed by atoms with E-state index in [4.69, 9.17) is 30.7 Å². The maximum absolute atomic E-state index is 13.2. The summed E-state index contributed by atoms with van der Waals surface area (Å²) in [7, 11) is -3.99. The van der Waals surface area contributed by atoms with Crippen LogP contribution in [0.15, 0.2) is 47.4 Å². The smallest absolute Gasteiger partial charge is 0.406 e. The molecule has 4 rings (SSSR count). The van der Waals surface area contributed by atoms with Gasteiger partial charge in [-0.2, -0.15) is 0 Å². The lowest BCUT2D eigenvalue weighted by molar-refractivity contribution is -0.146. The van der Waals surface area contributed by atoms with Gasteiger partial charge in [-0.05, 0) is 31.6 Å². The number of rotatable bonds is 6. The van der Waals surface area contributed by atoms with Gasteiger partial charge < -0.3 is 14.6 Å². The van der Waals surface area contributed by atoms with Crippen molar-refractivity contribution < 1.29 is 33.0 Å². The van der Waals surface area contributed by atoms with Gasteiger partial charge in [0.1, 0.15) is 30.5 Å². The molecule has 3 N–H and O–H groups in total. The highest BCUT2D eigenvalue weighted by Gasteiger charge is 2.59. The van der Waals surface area contributed by atoms with Gasteiger partial charge >= 0.3 is 13.7 Å². The number of fused-ring (bicyclic) bond motifs is 1. The Balaban J connectivity index is 1.43. The molecule has 178 valence electrons. The standard InChI is InChI=1S/C20H24N3O8PS/c1-12(17(25)28-10-13-6-4-3-5-7-13)22-32(27)29-11-14-16(31-32)20(2,26)18(30-14)23-9-8-15(24)21-19(23)33/h3-9,12,14,16,18,26H,10-11H2,1-2H3,(H,22,27)(H,21,24,33)/t12-,14+,16?,18+,20+,32?/m0/s1. The van der Waals surface area contributed by atoms with Crippen LogP contribution in [-0.4, -0.2) is 51.1 Å². The highest BCUT2D eigenvalue weighted by Crippen LogP contribution is 2.55. The summed E-state index contributed by atoms with van der Waals surface area (Å²) in [4.78, 5) is 26.3. The van der Waals surface area contributed by atoms with Gasteiger partial charge in [0.25, 0.3) is 5.56 Å². The molecule has 33 heavy (non-hydrogen) atoms. The lowest BCUT2D eigenvalue weighted by atomic mass is 9.96. The number of nitrogens with one attached hydrogen (secondary N) is 2. The minimum Gasteiger partial charge on any atom is -0.460 e. The van der Waals surface area contributed by atoms with Crippen molar-refractivity contribution in [2.75, 3.05) is 6.61 Å². The normalized spacial score (nSPS) is 32.2. The quantitative estimate of drug-likeness (QED) is 0.307. The number of benzene rings is 1. The Bertz CT molecular complexity index is 1180. The number of ether oxygens (including phenoxy) is 2. The molecule has 11 nitrogen and oxygen atoms in total. The number of aliphatic hydroxyl groups is 1. The molecule has 13 heteroatoms. The number of nitrogens with zero attached hydrogens (tertiary/aromatic N) is 1. The van der Waals surface area contributed by atoms with Crippen LogP contribution in [0, 0.1) is 4.77 Å². The predicted molar refractivity (Wildman–Crippen MR) is 118 cm³/mol. The molecule has 0 radical (unpaired) electrons. The van der Waals surface area contributed by atoms with Crippen molar-refractivity contribution in [3.05, 3.63) is 63.3 Å². The lowest BCUT2D eigenvalue weighted by Gasteiger charge is -2.36. The molecular weight excluding hydrogens is 473 g/mol. The van der Waals surface area contributed by atoms with E-state index >= 15 is 0 Å². The first-order valence-electron chi connectivity index (χ1n) is 10.2. The third-order valence-electron chi connectivity index (χ3n) is 5.41. The third kappa shape index (κ3) is 5.02. The summed E-state index contributed by atoms with van der Waals surface area (Å²) in [6.45, 7) is 2.82. The topological polar surface area (TPSA) is 141 Å². The van der Waals surface area contributed by atoms with Crippen LogP contribution in [0.5, 0.6) is 0 Å². The van der Waals surface area contributed by atoms with Crippen molar-refractivity contribution in [2.24, 2.45) is 0 Å². The van der Waals surface area contributed by atoms with E-state index in [0.29, 0.717) is 0 Å². The second-order valence-electron chi connectivity index (χ2n) is 8.03. The van der Waals surface area contributed by atoms with E-state index in [0.717, 1.165) is 5.56 Å². The zero-order chi connectivity index (χ0) is 23.8. The molecule has 0 saturated carbocycles. The third-order valence-corrected chi connectivity index (χ3v) is 7.42. The molecule has 0 spiro atoms. The molecule has 0 amide bonds. The molecule has 0 bridgehead atoms. The summed E-state index contributed by atoms with van der Waals surface area (Å²) >= 11 is 5.16. The average Bonchev–Trinajstić information content (AvgIpc) is 3.02. The highest BCUT2D eigenvalue weighted by molar-refractivity contribution is 7.71. The Kier molecular flexibility index (Phi) is 6.70. The first-order chi connectivity index (χ1) is 15.6. The average molecular weight is 497 g/mol. The summed E-state index contributed by atoms with van der Waals surface area (Å²) < 4.78 is 36.7. The summed E-state index contributed by atoms with van der Waals surface area (Å²) in [5, 5.41) is 13.7. The number of aromatic amines is 1. The van der Waals surface area contributed by atoms with Gasteiger partial charge in [0, 0.05) is 12.3 Å². The maximum atomic E-state index is 13.2. The number of carbonyl (C=O) groups excluding carboxylic acids is 1. The maximum Gasteiger partial charge on any atom is 0.406 e. The molecule has 2 aromatic rings. The largest absolute Gasteiger partial charge is 0.460 e. The van der Waals surface area contributed by atoms with Gasteiger partial charge in [-0.3, -0.25) is 28.2 Å². The first kappa shape index (κ1) is 24.0. The number of carbonyl (C=O) groups is 1. The van der Waals surface area contributed by atoms with E-state index in [1.54, 1.807) is 0 Å². The fourth-order valence-electron chi connectivity index (χ4n) is 3.71. The van der Waals surface area contributed by atoms with E-state index < -0.39 is 49.4 Å². The summed E-state index contributed by atoms with van der Waals surface area (Å²) in [6.07, 6.45) is -1.46. The van der Waals surface area contributed by atoms with Crippen LogP contribution in [0.4, 0.5) is 0 Å². The van der Waals surface area contributed by atoms with Gasteiger partial charge in [0.05, 0.1) is 6.61 Å². The van der Waals surface area contributed by atoms with Crippen molar-refractivity contribution in [1.82, 2.24) is 14.6 Å². The van der Waals surface area contributed by atoms with E-state index in [1.165, 1.54) is 30.7 Å². The van der Waals surface area contributed by atoms with Gasteiger partial charge in [-0.15, -0.1) is 0 Å². The Morgan fingerprint density at radius 1 is 1.42 bits per heavy atom. The molecule has 2 saturated heterocycles. The van der Waals surface area contributed by atoms with Crippen LogP contribution >= 0.6 is 20.0 Å². The number of aromatic nitrogens is 2. The summed E-state index contributed by atoms with van der Waals surface area (Å²) in [5.74, 6) is -0.643. The van der Waals surface area contributed by atoms with Crippen LogP contribution in [0.3, 0.4) is 0 Å². The fraction of sp³-hybridized carbons (Fsp3) is 0.450. The predicted octanol–water partition coefficient (Wildman–Crippen LogP) is 1.80. The van der Waals surface area contributed by atoms with Crippen LogP contribution in [-0.2, 0) is 34.5 Å². The van der Waals surface area contributed by atoms with E-state index in [-0.39, 0.29) is 18.0 Å². The lowest BCUT2D eigenvalue weighted by Crippen LogP contribution is -2.49. The zero-order valence-electron chi connectivity index (χ0n) is 17.9. The van der Waals surface area contributed by atoms with Crippen molar-refractivity contribution in [1.29, 1.82) is 0 Å². The number of esters is 1. The van der Waals surface area contributed by atoms with Crippen LogP contribution in [0.1, 0.15) is 25.6 Å². The van der Waals surface area contributed by atoms with Crippen molar-refractivity contribution in [3.8, 4) is 0 Å². The fourth-order valence-corrected chi connectivity index (χ4v) is 5.74. The molecule has 3 heterocycles. The highest BCUT2D eigenvalue weighted by atomic mass is 32.1. The molecule has 6 atom stereocenters. The van der Waals surface area contributed by atoms with E-state index in [1.807, 2.05) is 30.3 Å². The Hall–Kier alpha value is -2.18. The zero-order valence-corrected chi connectivity index (χ0v) is 19.6. The molecule has 0 aliphatic carbocycles. The Labute approximate surface area is 194 Å². The molecule has 2 fully saturated rings. The molecular formula is C20H24N3O8PS. The molecule has 2 aliphatic rings. The molecule has 2 aliphatic heterocycles. The first-order valence-corrected chi connectivity index (χ1v) is 12.1. The van der Waals surface area contributed by atoms with Crippen LogP contribution < -0.4 is 10.6 Å². The minimum absolute atomic E-state index is 0.0448. The molecule has 1 aromatic carbocycles. The van der Waals surface area contributed by atoms with Gasteiger partial charge in [0.2, 0.25) is 0 Å². The monoisotopic (exact) mass is 497 g/mol. The van der Waals surface area contributed by atoms with Crippen molar-refractivity contribution in [3.63, 3.8) is 0 Å². The van der Waals surface area contributed by atoms with Crippen molar-refractivity contribution in [2.45, 2.75) is 50.5 Å². The van der Waals surface area contributed by atoms with Crippen LogP contribution in [0.2, 0.25) is 0 Å². The van der Waals surface area contributed by atoms with E-state index in [9.17, 15) is 19.3 Å². The molecule has 2 unspecified atom stereocenters. The summed E-state index contributed by atoms with van der Waals surface area (Å²) in [6, 6.07) is 9.36. The second kappa shape index (κ2) is 9.22. The number of hydrogen-bond acceptors (Lipinski definition) is 9. The number of H-pyrrole nitrogens is 1. The van der Waals surface area contributed by atoms with Gasteiger partial charge in [0.15, 0.2) is 11.0 Å². The SMILES string of the molecule is C[C@H](NP1(=O)OC[C@H]2O[C@@H](n3ccc(=O)[nH]c3=S)[C@](C)(O)C2O1)C(=O)OCc1ccccc1. The number of hydrogen-bond donors (Lipinski definition) is 3. The van der Waals surface area contributed by atoms with Gasteiger partial charge in [-0.25, -0.2) is 9.65 Å². The summed E-state index contributed by atoms with van der Waals surface area (Å²) in [5.41, 5.74) is -1.27. The minimum atomic E-state index is -3.99. The van der Waals surface area contributed by atoms with E-state index in [2.05, 4.69) is 10.1 Å². The van der Waals surface area contributed by atoms with Crippen LogP contribution in [0.25, 0.3) is 0 Å². The van der Waals surface area contributed by atoms with Crippen molar-refractivity contribution >= 4 is 25.9 Å². The molecule has 1 aromatic heterocycles. The van der Waals surface area contributed by atoms with Gasteiger partial charge in [-0.1, -0.05) is 30.3 Å².